The van der Waals surface area contributed by atoms with Crippen molar-refractivity contribution in [3.63, 3.8) is 0 Å². The van der Waals surface area contributed by atoms with Crippen LogP contribution in [0.1, 0.15) is 12.8 Å². The summed E-state index contributed by atoms with van der Waals surface area (Å²) in [6.07, 6.45) is 3.23. The van der Waals surface area contributed by atoms with Gasteiger partial charge < -0.3 is 4.74 Å². The Morgan fingerprint density at radius 1 is 1.50 bits per heavy atom. The molecule has 0 spiro atoms. The molecule has 0 aromatic heterocycles. The molecule has 3 atom stereocenters. The molecule has 2 heteroatoms. The van der Waals surface area contributed by atoms with Crippen LogP contribution in [0.4, 0.5) is 0 Å². The van der Waals surface area contributed by atoms with Crippen molar-refractivity contribution < 1.29 is 4.74 Å². The molecule has 0 amide bonds. The first-order valence-corrected chi connectivity index (χ1v) is 4.07. The molecule has 46 valence electrons. The molecule has 0 aromatic rings. The highest BCUT2D eigenvalue weighted by Gasteiger charge is 2.50. The zero-order chi connectivity index (χ0) is 5.56. The number of ether oxygens (including phenoxy) is 1. The summed E-state index contributed by atoms with van der Waals surface area (Å²) in [5.74, 6) is 0.865. The Labute approximate surface area is 57.5 Å². The molecule has 2 fully saturated rings. The Hall–Kier alpha value is 0.440. The Bertz CT molecular complexity index is 92.7. The van der Waals surface area contributed by atoms with E-state index in [1.807, 2.05) is 0 Å². The average molecular weight is 177 g/mol. The fraction of sp³-hybridized carbons (Fsp3) is 1.00. The molecule has 1 aliphatic heterocycles. The highest BCUT2D eigenvalue weighted by atomic mass is 79.9. The number of hydrogen-bond acceptors (Lipinski definition) is 1. The lowest BCUT2D eigenvalue weighted by Crippen LogP contribution is -2.05. The SMILES string of the molecule is Br[C@@H]1[C@@H]2CCCO[C@@H]12. The van der Waals surface area contributed by atoms with Crippen LogP contribution in [-0.4, -0.2) is 17.5 Å². The van der Waals surface area contributed by atoms with Crippen LogP contribution in [0.15, 0.2) is 0 Å². The summed E-state index contributed by atoms with van der Waals surface area (Å²) < 4.78 is 5.42. The second-order valence-corrected chi connectivity index (χ2v) is 3.64. The van der Waals surface area contributed by atoms with Gasteiger partial charge in [0.25, 0.3) is 0 Å². The van der Waals surface area contributed by atoms with Gasteiger partial charge in [0.2, 0.25) is 0 Å². The third-order valence-electron chi connectivity index (χ3n) is 2.00. The van der Waals surface area contributed by atoms with E-state index in [9.17, 15) is 0 Å². The van der Waals surface area contributed by atoms with Crippen molar-refractivity contribution in [1.82, 2.24) is 0 Å². The third-order valence-corrected chi connectivity index (χ3v) is 3.20. The normalized spacial score (nSPS) is 52.9. The van der Waals surface area contributed by atoms with E-state index in [0.717, 1.165) is 12.5 Å². The molecule has 2 aliphatic rings. The molecule has 1 saturated heterocycles. The third kappa shape index (κ3) is 0.627. The van der Waals surface area contributed by atoms with Gasteiger partial charge in [-0.05, 0) is 12.8 Å². The summed E-state index contributed by atoms with van der Waals surface area (Å²) in [6, 6.07) is 0. The van der Waals surface area contributed by atoms with Crippen molar-refractivity contribution in [2.24, 2.45) is 5.92 Å². The first kappa shape index (κ1) is 5.24. The zero-order valence-electron chi connectivity index (χ0n) is 4.64. The Balaban J connectivity index is 1.97. The maximum absolute atomic E-state index is 5.42. The molecule has 1 nitrogen and oxygen atoms in total. The van der Waals surface area contributed by atoms with Gasteiger partial charge in [-0.3, -0.25) is 0 Å². The van der Waals surface area contributed by atoms with Crippen molar-refractivity contribution in [2.45, 2.75) is 23.8 Å². The van der Waals surface area contributed by atoms with Crippen molar-refractivity contribution in [2.75, 3.05) is 6.61 Å². The minimum atomic E-state index is 0.587. The molecule has 1 heterocycles. The fourth-order valence-corrected chi connectivity index (χ4v) is 2.31. The number of alkyl halides is 1. The van der Waals surface area contributed by atoms with E-state index < -0.39 is 0 Å². The summed E-state index contributed by atoms with van der Waals surface area (Å²) in [5.41, 5.74) is 0. The van der Waals surface area contributed by atoms with Gasteiger partial charge in [0.05, 0.1) is 6.10 Å². The average Bonchev–Trinajstić information content (AvgIpc) is 2.46. The molecular weight excluding hydrogens is 168 g/mol. The van der Waals surface area contributed by atoms with Gasteiger partial charge in [-0.15, -0.1) is 0 Å². The summed E-state index contributed by atoms with van der Waals surface area (Å²) in [5, 5.41) is 0. The predicted molar refractivity (Wildman–Crippen MR) is 35.2 cm³/mol. The van der Waals surface area contributed by atoms with Crippen LogP contribution >= 0.6 is 15.9 Å². The summed E-state index contributed by atoms with van der Waals surface area (Å²) in [6.45, 7) is 0.989. The lowest BCUT2D eigenvalue weighted by Gasteiger charge is -2.07. The second-order valence-electron chi connectivity index (χ2n) is 2.59. The van der Waals surface area contributed by atoms with Gasteiger partial charge in [0.1, 0.15) is 0 Å². The lowest BCUT2D eigenvalue weighted by atomic mass is 10.2. The molecule has 0 unspecified atom stereocenters. The van der Waals surface area contributed by atoms with E-state index in [0.29, 0.717) is 10.9 Å². The first-order chi connectivity index (χ1) is 3.89. The first-order valence-electron chi connectivity index (χ1n) is 3.15. The minimum absolute atomic E-state index is 0.587. The van der Waals surface area contributed by atoms with Crippen molar-refractivity contribution in [3.8, 4) is 0 Å². The van der Waals surface area contributed by atoms with Gasteiger partial charge in [-0.1, -0.05) is 15.9 Å². The molecular formula is C6H9BrO. The number of rotatable bonds is 0. The van der Waals surface area contributed by atoms with Gasteiger partial charge >= 0.3 is 0 Å². The minimum Gasteiger partial charge on any atom is -0.377 e. The van der Waals surface area contributed by atoms with E-state index >= 15 is 0 Å². The van der Waals surface area contributed by atoms with Crippen LogP contribution in [0.5, 0.6) is 0 Å². The molecule has 0 aromatic carbocycles. The van der Waals surface area contributed by atoms with Crippen molar-refractivity contribution >= 4 is 15.9 Å². The molecule has 2 rings (SSSR count). The van der Waals surface area contributed by atoms with Crippen LogP contribution in [0, 0.1) is 5.92 Å². The fourth-order valence-electron chi connectivity index (χ4n) is 1.38. The van der Waals surface area contributed by atoms with Crippen LogP contribution in [-0.2, 0) is 4.74 Å². The Morgan fingerprint density at radius 3 is 2.88 bits per heavy atom. The smallest absolute Gasteiger partial charge is 0.0743 e. The van der Waals surface area contributed by atoms with E-state index in [1.165, 1.54) is 12.8 Å². The second kappa shape index (κ2) is 1.71. The predicted octanol–water partition coefficient (Wildman–Crippen LogP) is 1.56. The van der Waals surface area contributed by atoms with E-state index in [-0.39, 0.29) is 0 Å². The van der Waals surface area contributed by atoms with Gasteiger partial charge in [0.15, 0.2) is 0 Å². The molecule has 0 bridgehead atoms. The number of hydrogen-bond donors (Lipinski definition) is 0. The van der Waals surface area contributed by atoms with Crippen LogP contribution in [0.25, 0.3) is 0 Å². The highest BCUT2D eigenvalue weighted by molar-refractivity contribution is 9.09. The Morgan fingerprint density at radius 2 is 2.38 bits per heavy atom. The maximum atomic E-state index is 5.42. The van der Waals surface area contributed by atoms with Gasteiger partial charge in [0, 0.05) is 17.4 Å². The molecule has 0 N–H and O–H groups in total. The van der Waals surface area contributed by atoms with Crippen molar-refractivity contribution in [1.29, 1.82) is 0 Å². The van der Waals surface area contributed by atoms with E-state index in [4.69, 9.17) is 4.74 Å². The lowest BCUT2D eigenvalue weighted by molar-refractivity contribution is 0.0804. The monoisotopic (exact) mass is 176 g/mol. The largest absolute Gasteiger partial charge is 0.377 e. The van der Waals surface area contributed by atoms with E-state index in [2.05, 4.69) is 15.9 Å². The molecule has 0 radical (unpaired) electrons. The van der Waals surface area contributed by atoms with Crippen LogP contribution in [0.3, 0.4) is 0 Å². The molecule has 8 heavy (non-hydrogen) atoms. The van der Waals surface area contributed by atoms with Gasteiger partial charge in [-0.25, -0.2) is 0 Å². The molecule has 1 saturated carbocycles. The van der Waals surface area contributed by atoms with Crippen LogP contribution in [0.2, 0.25) is 0 Å². The van der Waals surface area contributed by atoms with Crippen molar-refractivity contribution in [3.05, 3.63) is 0 Å². The molecule has 1 aliphatic carbocycles. The summed E-state index contributed by atoms with van der Waals surface area (Å²) in [4.78, 5) is 0.699. The Kier molecular flexibility index (Phi) is 1.12. The quantitative estimate of drug-likeness (QED) is 0.510. The van der Waals surface area contributed by atoms with Crippen LogP contribution < -0.4 is 0 Å². The summed E-state index contributed by atoms with van der Waals surface area (Å²) >= 11 is 3.55. The maximum Gasteiger partial charge on any atom is 0.0743 e. The number of fused-ring (bicyclic) bond motifs is 1. The summed E-state index contributed by atoms with van der Waals surface area (Å²) in [7, 11) is 0. The standard InChI is InChI=1S/C6H9BrO/c7-5-4-2-1-3-8-6(4)5/h4-6H,1-3H2/t4-,5+,6+/m0/s1. The number of halogens is 1. The van der Waals surface area contributed by atoms with E-state index in [1.54, 1.807) is 0 Å². The highest BCUT2D eigenvalue weighted by Crippen LogP contribution is 2.46. The zero-order valence-corrected chi connectivity index (χ0v) is 6.23. The van der Waals surface area contributed by atoms with Gasteiger partial charge in [-0.2, -0.15) is 0 Å². The topological polar surface area (TPSA) is 9.23 Å².